The van der Waals surface area contributed by atoms with Crippen molar-refractivity contribution in [1.29, 1.82) is 0 Å². The van der Waals surface area contributed by atoms with Crippen LogP contribution in [0.4, 0.5) is 0 Å². The summed E-state index contributed by atoms with van der Waals surface area (Å²) in [6, 6.07) is 120. The molecule has 0 amide bonds. The fourth-order valence-corrected chi connectivity index (χ4v) is 15.3. The highest BCUT2D eigenvalue weighted by Gasteiger charge is 2.19. The number of aromatic nitrogens is 14. The lowest BCUT2D eigenvalue weighted by Gasteiger charge is -2.10. The van der Waals surface area contributed by atoms with Gasteiger partial charge >= 0.3 is 0 Å². The first-order valence-electron chi connectivity index (χ1n) is 38.3. The predicted octanol–water partition coefficient (Wildman–Crippen LogP) is 24.1. The van der Waals surface area contributed by atoms with Gasteiger partial charge in [0.1, 0.15) is 11.4 Å². The molecular formula is C102H62N14. The van der Waals surface area contributed by atoms with Crippen molar-refractivity contribution in [3.8, 4) is 136 Å². The molecule has 22 rings (SSSR count). The van der Waals surface area contributed by atoms with E-state index in [4.69, 9.17) is 49.8 Å². The van der Waals surface area contributed by atoms with Crippen LogP contribution in [0.2, 0.25) is 0 Å². The van der Waals surface area contributed by atoms with E-state index in [1.165, 1.54) is 0 Å². The summed E-state index contributed by atoms with van der Waals surface area (Å²) in [6.07, 6.45) is 7.38. The molecule has 540 valence electrons. The molecule has 14 nitrogen and oxygen atoms in total. The first-order chi connectivity index (χ1) is 57.4. The summed E-state index contributed by atoms with van der Waals surface area (Å²) in [4.78, 5) is 67.8. The van der Waals surface area contributed by atoms with Gasteiger partial charge < -0.3 is 0 Å². The van der Waals surface area contributed by atoms with E-state index in [1.54, 1.807) is 0 Å². The van der Waals surface area contributed by atoms with Gasteiger partial charge in [-0.2, -0.15) is 0 Å². The van der Waals surface area contributed by atoms with E-state index in [0.717, 1.165) is 176 Å². The lowest BCUT2D eigenvalue weighted by atomic mass is 9.98. The van der Waals surface area contributed by atoms with Crippen molar-refractivity contribution in [2.24, 2.45) is 0 Å². The highest BCUT2D eigenvalue weighted by Crippen LogP contribution is 2.38. The maximum Gasteiger partial charge on any atom is 0.182 e. The van der Waals surface area contributed by atoms with Crippen LogP contribution in [0, 0.1) is 0 Å². The van der Waals surface area contributed by atoms with E-state index in [1.807, 2.05) is 170 Å². The maximum absolute atomic E-state index is 5.06. The Morgan fingerprint density at radius 2 is 0.422 bits per heavy atom. The van der Waals surface area contributed by atoms with E-state index in [0.29, 0.717) is 46.3 Å². The fourth-order valence-electron chi connectivity index (χ4n) is 15.3. The van der Waals surface area contributed by atoms with Crippen LogP contribution in [0.1, 0.15) is 0 Å². The molecule has 0 atom stereocenters. The molecule has 0 aliphatic carbocycles. The average Bonchev–Trinajstić information content (AvgIpc) is 0.771. The highest BCUT2D eigenvalue weighted by molar-refractivity contribution is 6.09. The van der Waals surface area contributed by atoms with Gasteiger partial charge in [-0.1, -0.05) is 255 Å². The normalized spacial score (nSPS) is 11.4. The van der Waals surface area contributed by atoms with Gasteiger partial charge in [0, 0.05) is 101 Å². The summed E-state index contributed by atoms with van der Waals surface area (Å²) in [5.41, 5.74) is 25.3. The largest absolute Gasteiger partial charge is 0.254 e. The van der Waals surface area contributed by atoms with Crippen LogP contribution < -0.4 is 0 Å². The molecule has 0 bridgehead atoms. The van der Waals surface area contributed by atoms with Crippen LogP contribution in [-0.2, 0) is 0 Å². The summed E-state index contributed by atoms with van der Waals surface area (Å²) < 4.78 is 0. The zero-order valence-corrected chi connectivity index (χ0v) is 62.1. The van der Waals surface area contributed by atoms with Gasteiger partial charge in [-0.25, -0.2) is 49.8 Å². The number of nitrogens with zero attached hydrogens (tertiary/aromatic N) is 14. The standard InChI is InChI=1S/2C51H31N7/c2*1-3-8-35(9-4-1)49-56-50(36-10-5-2-6-11-36)58-51(57-49)46-26-21-40-31-38(19-24-45(40)55-46)37-18-23-44-39(30-37)20-25-43(54-44)33-15-13-32(14-16-33)41-27-29-53-48-42(41)22-17-34-12-7-28-52-47(34)48/h2*1-31H. The third-order valence-corrected chi connectivity index (χ3v) is 21.2. The molecule has 116 heavy (non-hydrogen) atoms. The lowest BCUT2D eigenvalue weighted by molar-refractivity contribution is 1.06. The van der Waals surface area contributed by atoms with Crippen molar-refractivity contribution < 1.29 is 0 Å². The van der Waals surface area contributed by atoms with Crippen LogP contribution in [-0.4, -0.2) is 69.8 Å². The predicted molar refractivity (Wildman–Crippen MR) is 467 cm³/mol. The Labute approximate surface area is 665 Å². The number of hydrogen-bond acceptors (Lipinski definition) is 14. The lowest BCUT2D eigenvalue weighted by Crippen LogP contribution is -2.01. The van der Waals surface area contributed by atoms with Gasteiger partial charge in [0.25, 0.3) is 0 Å². The Morgan fingerprint density at radius 1 is 0.147 bits per heavy atom. The van der Waals surface area contributed by atoms with Gasteiger partial charge in [-0.3, -0.25) is 19.9 Å². The Hall–Kier alpha value is -16.1. The smallest absolute Gasteiger partial charge is 0.182 e. The second kappa shape index (κ2) is 29.3. The molecule has 0 saturated heterocycles. The van der Waals surface area contributed by atoms with Gasteiger partial charge in [0.15, 0.2) is 34.9 Å². The first kappa shape index (κ1) is 68.0. The quantitative estimate of drug-likeness (QED) is 0.105. The van der Waals surface area contributed by atoms with Gasteiger partial charge in [-0.05, 0) is 142 Å². The van der Waals surface area contributed by atoms with Crippen LogP contribution in [0.3, 0.4) is 0 Å². The van der Waals surface area contributed by atoms with Crippen LogP contribution in [0.5, 0.6) is 0 Å². The molecular weight excluding hydrogens is 1420 g/mol. The van der Waals surface area contributed by atoms with Crippen molar-refractivity contribution in [1.82, 2.24) is 69.8 Å². The van der Waals surface area contributed by atoms with Crippen molar-refractivity contribution in [3.63, 3.8) is 0 Å². The second-order valence-corrected chi connectivity index (χ2v) is 28.4. The molecule has 0 aliphatic rings. The van der Waals surface area contributed by atoms with Crippen molar-refractivity contribution in [3.05, 3.63) is 377 Å². The molecule has 10 heterocycles. The molecule has 0 fully saturated rings. The molecule has 12 aromatic carbocycles. The van der Waals surface area contributed by atoms with Gasteiger partial charge in [0.2, 0.25) is 0 Å². The van der Waals surface area contributed by atoms with E-state index >= 15 is 0 Å². The Balaban J connectivity index is 0.000000145. The zero-order chi connectivity index (χ0) is 76.8. The van der Waals surface area contributed by atoms with E-state index in [9.17, 15) is 0 Å². The fraction of sp³-hybridized carbons (Fsp3) is 0. The minimum atomic E-state index is 0.532. The third-order valence-electron chi connectivity index (χ3n) is 21.2. The van der Waals surface area contributed by atoms with Gasteiger partial charge in [-0.15, -0.1) is 0 Å². The maximum atomic E-state index is 5.06. The monoisotopic (exact) mass is 1480 g/mol. The summed E-state index contributed by atoms with van der Waals surface area (Å²) in [5, 5.41) is 8.56. The summed E-state index contributed by atoms with van der Waals surface area (Å²) in [5.74, 6) is 3.51. The minimum absolute atomic E-state index is 0.532. The Morgan fingerprint density at radius 3 is 0.759 bits per heavy atom. The van der Waals surface area contributed by atoms with Crippen LogP contribution >= 0.6 is 0 Å². The SMILES string of the molecule is c1ccc(-c2nc(-c3ccccc3)nc(-c3ccc4cc(-c5ccc6nc(-c7ccc(-c8ccnc9c8ccc8cccnc89)cc7)ccc6c5)ccc4n3)n2)cc1.c1ccc(-c2nc(-c3ccccc3)nc(-c3ccc4cc(-c5ccc6nc(-c7ccc(-c8ccnc9c8ccc8cccnc89)cc7)ccc6c5)ccc4n3)n2)cc1. The number of pyridine rings is 8. The van der Waals surface area contributed by atoms with E-state index in [2.05, 4.69) is 226 Å². The molecule has 0 N–H and O–H groups in total. The average molecular weight is 1480 g/mol. The Kier molecular flexibility index (Phi) is 17.2. The summed E-state index contributed by atoms with van der Waals surface area (Å²) >= 11 is 0. The summed E-state index contributed by atoms with van der Waals surface area (Å²) in [6.45, 7) is 0. The minimum Gasteiger partial charge on any atom is -0.254 e. The van der Waals surface area contributed by atoms with Crippen molar-refractivity contribution in [2.45, 2.75) is 0 Å². The second-order valence-electron chi connectivity index (χ2n) is 28.4. The Bertz CT molecular complexity index is 7000. The molecule has 0 spiro atoms. The number of hydrogen-bond donors (Lipinski definition) is 0. The van der Waals surface area contributed by atoms with Gasteiger partial charge in [0.05, 0.1) is 55.5 Å². The number of fused-ring (bicyclic) bond motifs is 10. The molecule has 10 aromatic heterocycles. The number of benzene rings is 12. The topological polar surface area (TPSA) is 180 Å². The van der Waals surface area contributed by atoms with E-state index < -0.39 is 0 Å². The molecule has 14 heteroatoms. The zero-order valence-electron chi connectivity index (χ0n) is 62.1. The molecule has 0 aliphatic heterocycles. The molecule has 0 radical (unpaired) electrons. The first-order valence-corrected chi connectivity index (χ1v) is 38.3. The molecule has 0 saturated carbocycles. The molecule has 22 aromatic rings. The van der Waals surface area contributed by atoms with E-state index in [-0.39, 0.29) is 0 Å². The van der Waals surface area contributed by atoms with Crippen LogP contribution in [0.25, 0.3) is 223 Å². The molecule has 0 unspecified atom stereocenters. The van der Waals surface area contributed by atoms with Crippen molar-refractivity contribution >= 4 is 87.2 Å². The van der Waals surface area contributed by atoms with Crippen LogP contribution in [0.15, 0.2) is 377 Å². The summed E-state index contributed by atoms with van der Waals surface area (Å²) in [7, 11) is 0. The highest BCUT2D eigenvalue weighted by atomic mass is 15.1. The van der Waals surface area contributed by atoms with Crippen molar-refractivity contribution in [2.75, 3.05) is 0 Å². The number of rotatable bonds is 12. The third kappa shape index (κ3) is 13.2.